The summed E-state index contributed by atoms with van der Waals surface area (Å²) in [4.78, 5) is 10.3. The number of aryl methyl sites for hydroxylation is 1. The molecule has 0 saturated carbocycles. The van der Waals surface area contributed by atoms with Gasteiger partial charge < -0.3 is 9.88 Å². The van der Waals surface area contributed by atoms with Crippen molar-refractivity contribution in [3.05, 3.63) is 57.4 Å². The Labute approximate surface area is 112 Å². The van der Waals surface area contributed by atoms with Crippen LogP contribution >= 0.6 is 0 Å². The normalized spacial score (nSPS) is 10.5. The summed E-state index contributed by atoms with van der Waals surface area (Å²) in [7, 11) is 2.03. The predicted octanol–water partition coefficient (Wildman–Crippen LogP) is 3.16. The monoisotopic (exact) mass is 259 g/mol. The van der Waals surface area contributed by atoms with Gasteiger partial charge in [-0.15, -0.1) is 0 Å². The SMILES string of the molecule is Cc1cc(CNc2cccc([N+](=O)[O-])c2)c(C)n1C. The van der Waals surface area contributed by atoms with E-state index in [1.165, 1.54) is 23.0 Å². The van der Waals surface area contributed by atoms with Crippen molar-refractivity contribution in [3.8, 4) is 0 Å². The molecule has 1 heterocycles. The quantitative estimate of drug-likeness (QED) is 0.677. The van der Waals surface area contributed by atoms with Gasteiger partial charge in [0.2, 0.25) is 0 Å². The van der Waals surface area contributed by atoms with Crippen LogP contribution in [0.5, 0.6) is 0 Å². The van der Waals surface area contributed by atoms with Crippen LogP contribution in [-0.4, -0.2) is 9.49 Å². The zero-order valence-electron chi connectivity index (χ0n) is 11.3. The lowest BCUT2D eigenvalue weighted by molar-refractivity contribution is -0.384. The molecule has 5 nitrogen and oxygen atoms in total. The molecule has 0 atom stereocenters. The summed E-state index contributed by atoms with van der Waals surface area (Å²) in [6.07, 6.45) is 0. The van der Waals surface area contributed by atoms with Crippen LogP contribution in [0.15, 0.2) is 30.3 Å². The third-order valence-electron chi connectivity index (χ3n) is 3.42. The molecule has 1 N–H and O–H groups in total. The van der Waals surface area contributed by atoms with Crippen LogP contribution in [0.2, 0.25) is 0 Å². The minimum Gasteiger partial charge on any atom is -0.381 e. The minimum atomic E-state index is -0.386. The summed E-state index contributed by atoms with van der Waals surface area (Å²) in [5.74, 6) is 0. The molecule has 0 aliphatic carbocycles. The standard InChI is InChI=1S/C14H17N3O2/c1-10-7-12(11(2)16(10)3)9-15-13-5-4-6-14(8-13)17(18)19/h4-8,15H,9H2,1-3H3. The van der Waals surface area contributed by atoms with Gasteiger partial charge in [-0.1, -0.05) is 6.07 Å². The number of nitrogens with zero attached hydrogens (tertiary/aromatic N) is 2. The van der Waals surface area contributed by atoms with Gasteiger partial charge in [-0.25, -0.2) is 0 Å². The second-order valence-electron chi connectivity index (χ2n) is 4.62. The Kier molecular flexibility index (Phi) is 3.55. The van der Waals surface area contributed by atoms with Gasteiger partial charge in [0.25, 0.3) is 5.69 Å². The first-order chi connectivity index (χ1) is 8.99. The Morgan fingerprint density at radius 3 is 2.63 bits per heavy atom. The van der Waals surface area contributed by atoms with Crippen molar-refractivity contribution in [1.29, 1.82) is 0 Å². The maximum absolute atomic E-state index is 10.7. The van der Waals surface area contributed by atoms with Crippen LogP contribution in [0.4, 0.5) is 11.4 Å². The van der Waals surface area contributed by atoms with Crippen LogP contribution in [-0.2, 0) is 13.6 Å². The van der Waals surface area contributed by atoms with E-state index in [9.17, 15) is 10.1 Å². The molecule has 0 aliphatic rings. The molecular formula is C14H17N3O2. The Morgan fingerprint density at radius 2 is 2.05 bits per heavy atom. The average Bonchev–Trinajstić information content (AvgIpc) is 2.64. The summed E-state index contributed by atoms with van der Waals surface area (Å²) < 4.78 is 2.13. The van der Waals surface area contributed by atoms with Crippen LogP contribution in [0.3, 0.4) is 0 Å². The number of hydrogen-bond donors (Lipinski definition) is 1. The number of nitrogens with one attached hydrogen (secondary N) is 1. The number of hydrogen-bond acceptors (Lipinski definition) is 3. The molecule has 2 rings (SSSR count). The van der Waals surface area contributed by atoms with Crippen molar-refractivity contribution in [3.63, 3.8) is 0 Å². The largest absolute Gasteiger partial charge is 0.381 e. The van der Waals surface area contributed by atoms with E-state index in [-0.39, 0.29) is 10.6 Å². The summed E-state index contributed by atoms with van der Waals surface area (Å²) in [6.45, 7) is 4.79. The maximum Gasteiger partial charge on any atom is 0.271 e. The highest BCUT2D eigenvalue weighted by molar-refractivity contribution is 5.51. The van der Waals surface area contributed by atoms with Crippen LogP contribution < -0.4 is 5.32 Å². The van der Waals surface area contributed by atoms with Crippen LogP contribution in [0.1, 0.15) is 17.0 Å². The third kappa shape index (κ3) is 2.76. The molecule has 2 aromatic rings. The highest BCUT2D eigenvalue weighted by Gasteiger charge is 2.08. The fourth-order valence-electron chi connectivity index (χ4n) is 2.04. The van der Waals surface area contributed by atoms with E-state index in [2.05, 4.69) is 29.8 Å². The van der Waals surface area contributed by atoms with Crippen LogP contribution in [0, 0.1) is 24.0 Å². The number of anilines is 1. The Hall–Kier alpha value is -2.30. The average molecular weight is 259 g/mol. The Morgan fingerprint density at radius 1 is 1.32 bits per heavy atom. The number of rotatable bonds is 4. The lowest BCUT2D eigenvalue weighted by atomic mass is 10.2. The van der Waals surface area contributed by atoms with Gasteiger partial charge in [-0.2, -0.15) is 0 Å². The number of nitro benzene ring substituents is 1. The van der Waals surface area contributed by atoms with Gasteiger partial charge in [0, 0.05) is 42.8 Å². The summed E-state index contributed by atoms with van der Waals surface area (Å²) in [5, 5.41) is 13.9. The van der Waals surface area contributed by atoms with E-state index in [1.807, 2.05) is 13.1 Å². The molecule has 0 spiro atoms. The van der Waals surface area contributed by atoms with E-state index >= 15 is 0 Å². The van der Waals surface area contributed by atoms with Crippen molar-refractivity contribution in [2.45, 2.75) is 20.4 Å². The Bertz CT molecular complexity index is 617. The first-order valence-corrected chi connectivity index (χ1v) is 6.09. The number of benzene rings is 1. The fraction of sp³-hybridized carbons (Fsp3) is 0.286. The molecule has 0 radical (unpaired) electrons. The van der Waals surface area contributed by atoms with Crippen molar-refractivity contribution >= 4 is 11.4 Å². The van der Waals surface area contributed by atoms with E-state index in [4.69, 9.17) is 0 Å². The molecule has 100 valence electrons. The topological polar surface area (TPSA) is 60.1 Å². The molecule has 0 saturated heterocycles. The van der Waals surface area contributed by atoms with Gasteiger partial charge in [-0.3, -0.25) is 10.1 Å². The molecule has 0 amide bonds. The summed E-state index contributed by atoms with van der Waals surface area (Å²) in [5.41, 5.74) is 4.47. The van der Waals surface area contributed by atoms with Crippen molar-refractivity contribution in [1.82, 2.24) is 4.57 Å². The first-order valence-electron chi connectivity index (χ1n) is 6.09. The van der Waals surface area contributed by atoms with E-state index < -0.39 is 0 Å². The van der Waals surface area contributed by atoms with Gasteiger partial charge in [0.15, 0.2) is 0 Å². The molecular weight excluding hydrogens is 242 g/mol. The zero-order chi connectivity index (χ0) is 14.0. The summed E-state index contributed by atoms with van der Waals surface area (Å²) in [6, 6.07) is 8.68. The maximum atomic E-state index is 10.7. The molecule has 19 heavy (non-hydrogen) atoms. The zero-order valence-corrected chi connectivity index (χ0v) is 11.3. The lowest BCUT2D eigenvalue weighted by Crippen LogP contribution is -2.01. The molecule has 1 aromatic heterocycles. The number of aromatic nitrogens is 1. The first kappa shape index (κ1) is 13.1. The van der Waals surface area contributed by atoms with Gasteiger partial charge >= 0.3 is 0 Å². The lowest BCUT2D eigenvalue weighted by Gasteiger charge is -2.06. The van der Waals surface area contributed by atoms with Crippen LogP contribution in [0.25, 0.3) is 0 Å². The molecule has 1 aromatic carbocycles. The highest BCUT2D eigenvalue weighted by atomic mass is 16.6. The van der Waals surface area contributed by atoms with Crippen molar-refractivity contribution in [2.24, 2.45) is 7.05 Å². The van der Waals surface area contributed by atoms with Gasteiger partial charge in [-0.05, 0) is 31.5 Å². The second kappa shape index (κ2) is 5.14. The smallest absolute Gasteiger partial charge is 0.271 e. The van der Waals surface area contributed by atoms with Crippen molar-refractivity contribution in [2.75, 3.05) is 5.32 Å². The molecule has 0 unspecified atom stereocenters. The predicted molar refractivity (Wildman–Crippen MR) is 75.3 cm³/mol. The van der Waals surface area contributed by atoms with E-state index in [0.717, 1.165) is 5.69 Å². The summed E-state index contributed by atoms with van der Waals surface area (Å²) >= 11 is 0. The van der Waals surface area contributed by atoms with E-state index in [0.29, 0.717) is 6.54 Å². The second-order valence-corrected chi connectivity index (χ2v) is 4.62. The van der Waals surface area contributed by atoms with Gasteiger partial charge in [0.1, 0.15) is 0 Å². The van der Waals surface area contributed by atoms with Gasteiger partial charge in [0.05, 0.1) is 4.92 Å². The Balaban J connectivity index is 2.12. The minimum absolute atomic E-state index is 0.103. The number of non-ortho nitro benzene ring substituents is 1. The molecule has 0 aliphatic heterocycles. The third-order valence-corrected chi connectivity index (χ3v) is 3.42. The molecule has 0 fully saturated rings. The van der Waals surface area contributed by atoms with E-state index in [1.54, 1.807) is 12.1 Å². The fourth-order valence-corrected chi connectivity index (χ4v) is 2.04. The van der Waals surface area contributed by atoms with Crippen molar-refractivity contribution < 1.29 is 4.92 Å². The molecule has 0 bridgehead atoms. The molecule has 5 heteroatoms. The number of nitro groups is 1. The highest BCUT2D eigenvalue weighted by Crippen LogP contribution is 2.19.